The van der Waals surface area contributed by atoms with Gasteiger partial charge < -0.3 is 9.84 Å². The lowest BCUT2D eigenvalue weighted by Crippen LogP contribution is -2.37. The maximum Gasteiger partial charge on any atom is 0.293 e. The van der Waals surface area contributed by atoms with Gasteiger partial charge in [-0.1, -0.05) is 50.2 Å². The fraction of sp³-hybridized carbons (Fsp3) is 0.417. The number of imide groups is 1. The molecule has 1 fully saturated rings. The first-order chi connectivity index (χ1) is 15.6. The summed E-state index contributed by atoms with van der Waals surface area (Å²) in [5, 5.41) is 6.35. The summed E-state index contributed by atoms with van der Waals surface area (Å²) in [5.41, 5.74) is 3.96. The highest BCUT2D eigenvalue weighted by Gasteiger charge is 2.34. The Balaban J connectivity index is 1.47. The average molecular weight is 488 g/mol. The zero-order chi connectivity index (χ0) is 24.2. The van der Waals surface area contributed by atoms with Crippen molar-refractivity contribution in [1.29, 1.82) is 0 Å². The molecule has 0 aliphatic carbocycles. The summed E-state index contributed by atoms with van der Waals surface area (Å²) in [5.74, 6) is 1.20. The van der Waals surface area contributed by atoms with Crippen molar-refractivity contribution < 1.29 is 18.9 Å². The predicted molar refractivity (Wildman–Crippen MR) is 133 cm³/mol. The van der Waals surface area contributed by atoms with Crippen molar-refractivity contribution >= 4 is 46.7 Å². The topological polar surface area (TPSA) is 92.5 Å². The minimum Gasteiger partial charge on any atom is -0.361 e. The molecule has 1 aromatic heterocycles. The third kappa shape index (κ3) is 6.51. The van der Waals surface area contributed by atoms with Gasteiger partial charge in [-0.25, -0.2) is 0 Å². The molecule has 1 N–H and O–H groups in total. The van der Waals surface area contributed by atoms with Crippen LogP contribution in [0.15, 0.2) is 33.7 Å². The van der Waals surface area contributed by atoms with Gasteiger partial charge >= 0.3 is 0 Å². The highest BCUT2D eigenvalue weighted by Crippen LogP contribution is 2.32. The van der Waals surface area contributed by atoms with Crippen LogP contribution in [0.1, 0.15) is 48.9 Å². The second-order valence-corrected chi connectivity index (χ2v) is 10.8. The first kappa shape index (κ1) is 25.1. The molecule has 33 heavy (non-hydrogen) atoms. The Morgan fingerprint density at radius 1 is 1.21 bits per heavy atom. The van der Waals surface area contributed by atoms with Crippen molar-refractivity contribution in [3.63, 3.8) is 0 Å². The molecular formula is C24H29N3O4S2. The molecule has 2 aromatic rings. The van der Waals surface area contributed by atoms with Crippen LogP contribution in [-0.2, 0) is 20.8 Å². The molecule has 1 aromatic carbocycles. The van der Waals surface area contributed by atoms with Crippen LogP contribution < -0.4 is 5.32 Å². The molecule has 7 nitrogen and oxygen atoms in total. The van der Waals surface area contributed by atoms with Gasteiger partial charge in [0.1, 0.15) is 5.76 Å². The molecule has 1 saturated heterocycles. The second-order valence-electron chi connectivity index (χ2n) is 8.85. The molecule has 0 unspecified atom stereocenters. The van der Waals surface area contributed by atoms with Crippen molar-refractivity contribution in [3.8, 4) is 0 Å². The summed E-state index contributed by atoms with van der Waals surface area (Å²) < 4.78 is 5.12. The number of aromatic nitrogens is 1. The molecule has 3 amide bonds. The van der Waals surface area contributed by atoms with E-state index in [4.69, 9.17) is 4.52 Å². The maximum absolute atomic E-state index is 12.7. The Morgan fingerprint density at radius 2 is 1.91 bits per heavy atom. The first-order valence-electron chi connectivity index (χ1n) is 10.7. The molecule has 9 heteroatoms. The summed E-state index contributed by atoms with van der Waals surface area (Å²) in [6.45, 7) is 10.5. The van der Waals surface area contributed by atoms with E-state index in [0.717, 1.165) is 34.3 Å². The summed E-state index contributed by atoms with van der Waals surface area (Å²) >= 11 is 2.39. The number of carbonyl (C=O) groups is 3. The third-order valence-corrected chi connectivity index (χ3v) is 7.13. The van der Waals surface area contributed by atoms with Crippen molar-refractivity contribution in [2.75, 3.05) is 18.8 Å². The second kappa shape index (κ2) is 10.6. The Hall–Kier alpha value is -2.52. The maximum atomic E-state index is 12.7. The van der Waals surface area contributed by atoms with Crippen molar-refractivity contribution in [2.45, 2.75) is 45.8 Å². The fourth-order valence-corrected chi connectivity index (χ4v) is 5.11. The van der Waals surface area contributed by atoms with Gasteiger partial charge in [0, 0.05) is 24.4 Å². The highest BCUT2D eigenvalue weighted by molar-refractivity contribution is 8.18. The third-order valence-electron chi connectivity index (χ3n) is 5.27. The fourth-order valence-electron chi connectivity index (χ4n) is 3.24. The first-order valence-corrected chi connectivity index (χ1v) is 12.7. The van der Waals surface area contributed by atoms with Crippen molar-refractivity contribution in [3.05, 3.63) is 57.3 Å². The van der Waals surface area contributed by atoms with Gasteiger partial charge in [-0.3, -0.25) is 19.3 Å². The number of nitrogens with one attached hydrogen (secondary N) is 1. The number of carbonyl (C=O) groups excluding carboxylic acids is 3. The summed E-state index contributed by atoms with van der Waals surface area (Å²) in [6, 6.07) is 7.98. The lowest BCUT2D eigenvalue weighted by molar-refractivity contribution is -0.123. The van der Waals surface area contributed by atoms with Crippen LogP contribution in [0.3, 0.4) is 0 Å². The average Bonchev–Trinajstić information content (AvgIpc) is 3.20. The van der Waals surface area contributed by atoms with Gasteiger partial charge in [-0.2, -0.15) is 0 Å². The van der Waals surface area contributed by atoms with E-state index in [9.17, 15) is 14.4 Å². The largest absolute Gasteiger partial charge is 0.361 e. The van der Waals surface area contributed by atoms with Gasteiger partial charge in [0.05, 0.1) is 16.4 Å². The Labute approximate surface area is 202 Å². The quantitative estimate of drug-likeness (QED) is 0.541. The Kier molecular flexibility index (Phi) is 8.07. The van der Waals surface area contributed by atoms with E-state index in [0.29, 0.717) is 10.7 Å². The molecule has 1 aliphatic rings. The molecule has 3 rings (SSSR count). The zero-order valence-corrected chi connectivity index (χ0v) is 21.2. The number of hydrogen-bond acceptors (Lipinski definition) is 7. The SMILES string of the molecule is Cc1noc(C)c1CSCC(=O)NCCN1C(=O)S/C(=C\c2ccc(C(C)(C)C)cc2)C1=O. The number of aryl methyl sites for hydroxylation is 2. The highest BCUT2D eigenvalue weighted by atomic mass is 32.2. The van der Waals surface area contributed by atoms with Gasteiger partial charge in [0.15, 0.2) is 0 Å². The van der Waals surface area contributed by atoms with Gasteiger partial charge in [0.25, 0.3) is 11.1 Å². The van der Waals surface area contributed by atoms with Gasteiger partial charge in [-0.15, -0.1) is 11.8 Å². The number of rotatable bonds is 8. The standard InChI is InChI=1S/C24H29N3O4S2/c1-15-19(16(2)31-26-15)13-32-14-21(28)25-10-11-27-22(29)20(33-23(27)30)12-17-6-8-18(9-7-17)24(3,4)5/h6-9,12H,10-11,13-14H2,1-5H3,(H,25,28)/b20-12-. The van der Waals surface area contributed by atoms with E-state index in [-0.39, 0.29) is 41.3 Å². The van der Waals surface area contributed by atoms with Crippen molar-refractivity contribution in [1.82, 2.24) is 15.4 Å². The van der Waals surface area contributed by atoms with Crippen LogP contribution >= 0.6 is 23.5 Å². The molecule has 0 bridgehead atoms. The normalized spacial score (nSPS) is 15.5. The molecule has 0 radical (unpaired) electrons. The van der Waals surface area contributed by atoms with Crippen LogP contribution in [-0.4, -0.2) is 46.0 Å². The Bertz CT molecular complexity index is 1050. The summed E-state index contributed by atoms with van der Waals surface area (Å²) in [6.07, 6.45) is 1.74. The molecule has 2 heterocycles. The number of hydrogen-bond donors (Lipinski definition) is 1. The number of nitrogens with zero attached hydrogens (tertiary/aromatic N) is 2. The lowest BCUT2D eigenvalue weighted by Gasteiger charge is -2.18. The van der Waals surface area contributed by atoms with Crippen LogP contribution in [0.5, 0.6) is 0 Å². The molecule has 176 valence electrons. The number of amides is 3. The van der Waals surface area contributed by atoms with Crippen molar-refractivity contribution in [2.24, 2.45) is 0 Å². The molecule has 0 saturated carbocycles. The van der Waals surface area contributed by atoms with Gasteiger partial charge in [-0.05, 0) is 48.2 Å². The predicted octanol–water partition coefficient (Wildman–Crippen LogP) is 4.67. The van der Waals surface area contributed by atoms with E-state index in [1.54, 1.807) is 6.08 Å². The summed E-state index contributed by atoms with van der Waals surface area (Å²) in [4.78, 5) is 38.7. The molecule has 1 aliphatic heterocycles. The number of benzene rings is 1. The minimum atomic E-state index is -0.327. The monoisotopic (exact) mass is 487 g/mol. The molecule has 0 spiro atoms. The Morgan fingerprint density at radius 3 is 2.52 bits per heavy atom. The van der Waals surface area contributed by atoms with E-state index in [2.05, 4.69) is 31.2 Å². The summed E-state index contributed by atoms with van der Waals surface area (Å²) in [7, 11) is 0. The van der Waals surface area contributed by atoms with E-state index in [1.807, 2.05) is 38.1 Å². The smallest absolute Gasteiger partial charge is 0.293 e. The number of thioether (sulfide) groups is 2. The van der Waals surface area contributed by atoms with E-state index < -0.39 is 0 Å². The van der Waals surface area contributed by atoms with E-state index in [1.165, 1.54) is 22.2 Å². The van der Waals surface area contributed by atoms with Crippen LogP contribution in [0.4, 0.5) is 4.79 Å². The van der Waals surface area contributed by atoms with Crippen LogP contribution in [0.25, 0.3) is 6.08 Å². The molecule has 0 atom stereocenters. The zero-order valence-electron chi connectivity index (χ0n) is 19.6. The molecular weight excluding hydrogens is 458 g/mol. The lowest BCUT2D eigenvalue weighted by atomic mass is 9.87. The van der Waals surface area contributed by atoms with E-state index >= 15 is 0 Å². The van der Waals surface area contributed by atoms with Crippen LogP contribution in [0.2, 0.25) is 0 Å². The minimum absolute atomic E-state index is 0.0493. The van der Waals surface area contributed by atoms with Crippen LogP contribution in [0, 0.1) is 13.8 Å². The van der Waals surface area contributed by atoms with Gasteiger partial charge in [0.2, 0.25) is 5.91 Å².